The molecule has 110 valence electrons. The number of ether oxygens (including phenoxy) is 2. The van der Waals surface area contributed by atoms with Crippen molar-refractivity contribution in [1.29, 1.82) is 0 Å². The van der Waals surface area contributed by atoms with Gasteiger partial charge in [0.25, 0.3) is 5.91 Å². The Labute approximate surface area is 124 Å². The van der Waals surface area contributed by atoms with Crippen LogP contribution in [0, 0.1) is 0 Å². The molecule has 2 aromatic carbocycles. The molecule has 0 heterocycles. The first-order chi connectivity index (χ1) is 10.2. The summed E-state index contributed by atoms with van der Waals surface area (Å²) in [6.45, 7) is 2.51. The second kappa shape index (κ2) is 6.79. The standard InChI is InChI=1S/C17H19NO3/c1-4-18(13-8-6-5-7-9-13)17(19)15-12-14(20-2)10-11-16(15)21-3/h5-12H,4H2,1-3H3. The molecular formula is C17H19NO3. The van der Waals surface area contributed by atoms with Crippen molar-refractivity contribution in [1.82, 2.24) is 0 Å². The van der Waals surface area contributed by atoms with Gasteiger partial charge in [-0.3, -0.25) is 4.79 Å². The van der Waals surface area contributed by atoms with Crippen molar-refractivity contribution in [3.8, 4) is 11.5 Å². The van der Waals surface area contributed by atoms with Crippen molar-refractivity contribution in [2.45, 2.75) is 6.92 Å². The second-order valence-corrected chi connectivity index (χ2v) is 4.45. The van der Waals surface area contributed by atoms with Gasteiger partial charge in [0, 0.05) is 12.2 Å². The maximum Gasteiger partial charge on any atom is 0.262 e. The maximum absolute atomic E-state index is 12.8. The molecule has 0 unspecified atom stereocenters. The Balaban J connectivity index is 2.42. The van der Waals surface area contributed by atoms with E-state index in [1.54, 1.807) is 37.3 Å². The summed E-state index contributed by atoms with van der Waals surface area (Å²) in [5.41, 5.74) is 1.34. The summed E-state index contributed by atoms with van der Waals surface area (Å²) >= 11 is 0. The molecule has 0 saturated heterocycles. The quantitative estimate of drug-likeness (QED) is 0.845. The summed E-state index contributed by atoms with van der Waals surface area (Å²) in [5.74, 6) is 1.05. The van der Waals surface area contributed by atoms with Gasteiger partial charge >= 0.3 is 0 Å². The van der Waals surface area contributed by atoms with Gasteiger partial charge in [-0.05, 0) is 37.3 Å². The summed E-state index contributed by atoms with van der Waals surface area (Å²) in [4.78, 5) is 14.5. The highest BCUT2D eigenvalue weighted by Crippen LogP contribution is 2.27. The summed E-state index contributed by atoms with van der Waals surface area (Å²) < 4.78 is 10.5. The Morgan fingerprint density at radius 1 is 1.05 bits per heavy atom. The third-order valence-electron chi connectivity index (χ3n) is 3.27. The summed E-state index contributed by atoms with van der Waals surface area (Å²) in [5, 5.41) is 0. The lowest BCUT2D eigenvalue weighted by atomic mass is 10.1. The number of anilines is 1. The molecule has 0 fully saturated rings. The Bertz CT molecular complexity index is 611. The molecule has 1 amide bonds. The first-order valence-electron chi connectivity index (χ1n) is 6.80. The van der Waals surface area contributed by atoms with Gasteiger partial charge in [-0.15, -0.1) is 0 Å². The zero-order valence-electron chi connectivity index (χ0n) is 12.5. The molecule has 0 spiro atoms. The second-order valence-electron chi connectivity index (χ2n) is 4.45. The van der Waals surface area contributed by atoms with Crippen LogP contribution in [0.25, 0.3) is 0 Å². The van der Waals surface area contributed by atoms with E-state index >= 15 is 0 Å². The summed E-state index contributed by atoms with van der Waals surface area (Å²) in [6.07, 6.45) is 0. The molecule has 4 nitrogen and oxygen atoms in total. The number of para-hydroxylation sites is 1. The zero-order chi connectivity index (χ0) is 15.2. The third kappa shape index (κ3) is 3.16. The van der Waals surface area contributed by atoms with Crippen molar-refractivity contribution in [2.75, 3.05) is 25.7 Å². The van der Waals surface area contributed by atoms with Gasteiger partial charge in [0.2, 0.25) is 0 Å². The fraction of sp³-hybridized carbons (Fsp3) is 0.235. The molecule has 4 heteroatoms. The molecule has 0 aliphatic carbocycles. The Hall–Kier alpha value is -2.49. The Kier molecular flexibility index (Phi) is 4.82. The van der Waals surface area contributed by atoms with Gasteiger partial charge in [-0.25, -0.2) is 0 Å². The molecule has 0 bridgehead atoms. The topological polar surface area (TPSA) is 38.8 Å². The van der Waals surface area contributed by atoms with E-state index in [1.165, 1.54) is 0 Å². The van der Waals surface area contributed by atoms with Crippen LogP contribution < -0.4 is 14.4 Å². The lowest BCUT2D eigenvalue weighted by Gasteiger charge is -2.22. The minimum absolute atomic E-state index is 0.112. The van der Waals surface area contributed by atoms with Gasteiger partial charge in [0.05, 0.1) is 19.8 Å². The molecule has 0 aromatic heterocycles. The number of rotatable bonds is 5. The third-order valence-corrected chi connectivity index (χ3v) is 3.27. The van der Waals surface area contributed by atoms with E-state index in [9.17, 15) is 4.79 Å². The van der Waals surface area contributed by atoms with Crippen LogP contribution in [0.1, 0.15) is 17.3 Å². The average Bonchev–Trinajstić information content (AvgIpc) is 2.55. The van der Waals surface area contributed by atoms with Crippen LogP contribution in [0.4, 0.5) is 5.69 Å². The molecule has 21 heavy (non-hydrogen) atoms. The number of amides is 1. The van der Waals surface area contributed by atoms with Crippen LogP contribution in [0.15, 0.2) is 48.5 Å². The van der Waals surface area contributed by atoms with Gasteiger partial charge in [0.1, 0.15) is 11.5 Å². The normalized spacial score (nSPS) is 10.0. The highest BCUT2D eigenvalue weighted by atomic mass is 16.5. The fourth-order valence-electron chi connectivity index (χ4n) is 2.18. The number of benzene rings is 2. The van der Waals surface area contributed by atoms with E-state index in [4.69, 9.17) is 9.47 Å². The highest BCUT2D eigenvalue weighted by Gasteiger charge is 2.20. The fourth-order valence-corrected chi connectivity index (χ4v) is 2.18. The smallest absolute Gasteiger partial charge is 0.262 e. The van der Waals surface area contributed by atoms with Gasteiger partial charge in [-0.2, -0.15) is 0 Å². The first kappa shape index (κ1) is 14.9. The Morgan fingerprint density at radius 2 is 1.76 bits per heavy atom. The largest absolute Gasteiger partial charge is 0.497 e. The van der Waals surface area contributed by atoms with E-state index in [-0.39, 0.29) is 5.91 Å². The molecule has 0 aliphatic heterocycles. The van der Waals surface area contributed by atoms with E-state index in [0.29, 0.717) is 23.6 Å². The van der Waals surface area contributed by atoms with Gasteiger partial charge < -0.3 is 14.4 Å². The number of carbonyl (C=O) groups is 1. The van der Waals surface area contributed by atoms with Crippen molar-refractivity contribution in [3.63, 3.8) is 0 Å². The minimum Gasteiger partial charge on any atom is -0.497 e. The van der Waals surface area contributed by atoms with Crippen molar-refractivity contribution >= 4 is 11.6 Å². The number of methoxy groups -OCH3 is 2. The number of carbonyl (C=O) groups excluding carboxylic acids is 1. The number of nitrogens with zero attached hydrogens (tertiary/aromatic N) is 1. The Morgan fingerprint density at radius 3 is 2.33 bits per heavy atom. The molecule has 0 aliphatic rings. The van der Waals surface area contributed by atoms with E-state index in [1.807, 2.05) is 37.3 Å². The predicted octanol–water partition coefficient (Wildman–Crippen LogP) is 3.37. The predicted molar refractivity (Wildman–Crippen MR) is 83.3 cm³/mol. The van der Waals surface area contributed by atoms with E-state index < -0.39 is 0 Å². The molecular weight excluding hydrogens is 266 g/mol. The van der Waals surface area contributed by atoms with E-state index in [0.717, 1.165) is 5.69 Å². The van der Waals surface area contributed by atoms with Gasteiger partial charge in [-0.1, -0.05) is 18.2 Å². The van der Waals surface area contributed by atoms with Crippen LogP contribution in [-0.4, -0.2) is 26.7 Å². The molecule has 0 radical (unpaired) electrons. The SMILES string of the molecule is CCN(C(=O)c1cc(OC)ccc1OC)c1ccccc1. The van der Waals surface area contributed by atoms with Crippen molar-refractivity contribution in [2.24, 2.45) is 0 Å². The monoisotopic (exact) mass is 285 g/mol. The molecule has 0 saturated carbocycles. The molecule has 2 rings (SSSR count). The van der Waals surface area contributed by atoms with Crippen LogP contribution in [0.3, 0.4) is 0 Å². The molecule has 2 aromatic rings. The average molecular weight is 285 g/mol. The van der Waals surface area contributed by atoms with Crippen LogP contribution in [0.2, 0.25) is 0 Å². The van der Waals surface area contributed by atoms with Gasteiger partial charge in [0.15, 0.2) is 0 Å². The zero-order valence-corrected chi connectivity index (χ0v) is 12.5. The van der Waals surface area contributed by atoms with Crippen molar-refractivity contribution in [3.05, 3.63) is 54.1 Å². The number of hydrogen-bond donors (Lipinski definition) is 0. The van der Waals surface area contributed by atoms with Crippen LogP contribution in [0.5, 0.6) is 11.5 Å². The highest BCUT2D eigenvalue weighted by molar-refractivity contribution is 6.08. The van der Waals surface area contributed by atoms with Crippen LogP contribution in [-0.2, 0) is 0 Å². The van der Waals surface area contributed by atoms with Crippen molar-refractivity contribution < 1.29 is 14.3 Å². The lowest BCUT2D eigenvalue weighted by molar-refractivity contribution is 0.0985. The van der Waals surface area contributed by atoms with E-state index in [2.05, 4.69) is 0 Å². The molecule has 0 N–H and O–H groups in total. The molecule has 0 atom stereocenters. The summed E-state index contributed by atoms with van der Waals surface area (Å²) in [6, 6.07) is 14.8. The number of hydrogen-bond acceptors (Lipinski definition) is 3. The minimum atomic E-state index is -0.112. The lowest BCUT2D eigenvalue weighted by Crippen LogP contribution is -2.30. The first-order valence-corrected chi connectivity index (χ1v) is 6.80. The maximum atomic E-state index is 12.8. The summed E-state index contributed by atoms with van der Waals surface area (Å²) in [7, 11) is 3.13. The van der Waals surface area contributed by atoms with Crippen LogP contribution >= 0.6 is 0 Å².